The van der Waals surface area contributed by atoms with E-state index in [2.05, 4.69) is 20.3 Å². The van der Waals surface area contributed by atoms with Gasteiger partial charge in [-0.25, -0.2) is 0 Å². The molecule has 1 N–H and O–H groups in total. The summed E-state index contributed by atoms with van der Waals surface area (Å²) in [7, 11) is 0. The minimum Gasteiger partial charge on any atom is -0.374 e. The molecule has 1 unspecified atom stereocenters. The number of hydrogen-bond donors (Lipinski definition) is 1. The maximum absolute atomic E-state index is 12.1. The molecule has 2 aromatic heterocycles. The van der Waals surface area contributed by atoms with E-state index in [4.69, 9.17) is 4.74 Å². The monoisotopic (exact) mass is 301 g/mol. The van der Waals surface area contributed by atoms with E-state index in [0.29, 0.717) is 25.4 Å². The zero-order valence-electron chi connectivity index (χ0n) is 12.3. The van der Waals surface area contributed by atoms with E-state index >= 15 is 0 Å². The number of anilines is 1. The Morgan fingerprint density at radius 3 is 3.14 bits per heavy atom. The number of carbonyl (C=O) groups is 1. The van der Waals surface area contributed by atoms with Crippen LogP contribution in [-0.4, -0.2) is 57.9 Å². The number of aromatic nitrogens is 3. The molecule has 22 heavy (non-hydrogen) atoms. The van der Waals surface area contributed by atoms with Gasteiger partial charge in [-0.15, -0.1) is 0 Å². The molecule has 0 aromatic carbocycles. The maximum Gasteiger partial charge on any atom is 0.238 e. The Labute approximate surface area is 128 Å². The van der Waals surface area contributed by atoms with Gasteiger partial charge in [-0.3, -0.25) is 19.4 Å². The van der Waals surface area contributed by atoms with Crippen LogP contribution in [0, 0.1) is 0 Å². The van der Waals surface area contributed by atoms with Crippen LogP contribution in [0.4, 0.5) is 5.69 Å². The van der Waals surface area contributed by atoms with Gasteiger partial charge in [0.2, 0.25) is 5.91 Å². The summed E-state index contributed by atoms with van der Waals surface area (Å²) in [6, 6.07) is 5.51. The normalized spacial score (nSPS) is 19.0. The lowest BCUT2D eigenvalue weighted by Gasteiger charge is -2.32. The standard InChI is InChI=1S/C15H19N5O2/c21-15(18-13-3-1-4-16-9-13)12-19-7-8-22-14(10-19)11-20-6-2-5-17-20/h1-6,9,14H,7-8,10-12H2,(H,18,21). The van der Waals surface area contributed by atoms with Crippen molar-refractivity contribution in [1.29, 1.82) is 0 Å². The van der Waals surface area contributed by atoms with E-state index in [0.717, 1.165) is 13.1 Å². The highest BCUT2D eigenvalue weighted by atomic mass is 16.5. The van der Waals surface area contributed by atoms with Gasteiger partial charge in [0, 0.05) is 31.7 Å². The highest BCUT2D eigenvalue weighted by molar-refractivity contribution is 5.92. The molecule has 3 rings (SSSR count). The molecule has 1 fully saturated rings. The highest BCUT2D eigenvalue weighted by Gasteiger charge is 2.22. The van der Waals surface area contributed by atoms with Crippen molar-refractivity contribution in [3.8, 4) is 0 Å². The molecule has 7 nitrogen and oxygen atoms in total. The molecule has 0 spiro atoms. The van der Waals surface area contributed by atoms with E-state index in [1.54, 1.807) is 24.7 Å². The van der Waals surface area contributed by atoms with E-state index in [1.807, 2.05) is 23.0 Å². The van der Waals surface area contributed by atoms with Crippen LogP contribution in [0.25, 0.3) is 0 Å². The fourth-order valence-electron chi connectivity index (χ4n) is 2.49. The Morgan fingerprint density at radius 2 is 2.36 bits per heavy atom. The van der Waals surface area contributed by atoms with Crippen molar-refractivity contribution in [3.63, 3.8) is 0 Å². The van der Waals surface area contributed by atoms with Gasteiger partial charge in [0.1, 0.15) is 0 Å². The van der Waals surface area contributed by atoms with Crippen molar-refractivity contribution in [2.45, 2.75) is 12.6 Å². The summed E-state index contributed by atoms with van der Waals surface area (Å²) in [5.74, 6) is -0.0345. The number of ether oxygens (including phenoxy) is 1. The van der Waals surface area contributed by atoms with Crippen LogP contribution in [0.3, 0.4) is 0 Å². The molecule has 1 atom stereocenters. The second-order valence-corrected chi connectivity index (χ2v) is 5.25. The summed E-state index contributed by atoms with van der Waals surface area (Å²) < 4.78 is 7.59. The van der Waals surface area contributed by atoms with Gasteiger partial charge in [0.15, 0.2) is 0 Å². The Morgan fingerprint density at radius 1 is 1.41 bits per heavy atom. The molecule has 0 saturated carbocycles. The van der Waals surface area contributed by atoms with Crippen LogP contribution in [0.1, 0.15) is 0 Å². The smallest absolute Gasteiger partial charge is 0.238 e. The molecule has 1 amide bonds. The minimum absolute atomic E-state index is 0.0345. The second kappa shape index (κ2) is 7.15. The van der Waals surface area contributed by atoms with Crippen LogP contribution in [-0.2, 0) is 16.1 Å². The van der Waals surface area contributed by atoms with Crippen LogP contribution in [0.5, 0.6) is 0 Å². The van der Waals surface area contributed by atoms with Crippen molar-refractivity contribution >= 4 is 11.6 Å². The van der Waals surface area contributed by atoms with Gasteiger partial charge in [-0.2, -0.15) is 5.10 Å². The van der Waals surface area contributed by atoms with Crippen molar-refractivity contribution in [3.05, 3.63) is 43.0 Å². The number of amides is 1. The summed E-state index contributed by atoms with van der Waals surface area (Å²) >= 11 is 0. The topological polar surface area (TPSA) is 72.3 Å². The molecule has 1 aliphatic heterocycles. The van der Waals surface area contributed by atoms with Crippen molar-refractivity contribution in [2.24, 2.45) is 0 Å². The third-order valence-corrected chi connectivity index (χ3v) is 3.49. The molecule has 0 bridgehead atoms. The quantitative estimate of drug-likeness (QED) is 0.876. The lowest BCUT2D eigenvalue weighted by molar-refractivity contribution is -0.119. The molecule has 116 valence electrons. The highest BCUT2D eigenvalue weighted by Crippen LogP contribution is 2.08. The Balaban J connectivity index is 1.48. The van der Waals surface area contributed by atoms with Gasteiger partial charge in [-0.1, -0.05) is 0 Å². The van der Waals surface area contributed by atoms with Crippen LogP contribution in [0.2, 0.25) is 0 Å². The summed E-state index contributed by atoms with van der Waals surface area (Å²) in [5.41, 5.74) is 0.717. The Hall–Kier alpha value is -2.25. The van der Waals surface area contributed by atoms with Crippen LogP contribution < -0.4 is 5.32 Å². The second-order valence-electron chi connectivity index (χ2n) is 5.25. The van der Waals surface area contributed by atoms with Gasteiger partial charge < -0.3 is 10.1 Å². The molecule has 3 heterocycles. The zero-order chi connectivity index (χ0) is 15.2. The average Bonchev–Trinajstić information content (AvgIpc) is 3.01. The largest absolute Gasteiger partial charge is 0.374 e. The first-order chi connectivity index (χ1) is 10.8. The predicted octanol–water partition coefficient (Wildman–Crippen LogP) is 0.618. The fraction of sp³-hybridized carbons (Fsp3) is 0.400. The summed E-state index contributed by atoms with van der Waals surface area (Å²) in [6.07, 6.45) is 7.04. The van der Waals surface area contributed by atoms with Gasteiger partial charge in [-0.05, 0) is 18.2 Å². The van der Waals surface area contributed by atoms with E-state index in [1.165, 1.54) is 0 Å². The number of hydrogen-bond acceptors (Lipinski definition) is 5. The van der Waals surface area contributed by atoms with Gasteiger partial charge in [0.05, 0.1) is 37.7 Å². The van der Waals surface area contributed by atoms with Crippen molar-refractivity contribution in [1.82, 2.24) is 19.7 Å². The molecular formula is C15H19N5O2. The first-order valence-corrected chi connectivity index (χ1v) is 7.31. The fourth-order valence-corrected chi connectivity index (χ4v) is 2.49. The molecular weight excluding hydrogens is 282 g/mol. The number of nitrogens with zero attached hydrogens (tertiary/aromatic N) is 4. The van der Waals surface area contributed by atoms with Crippen molar-refractivity contribution in [2.75, 3.05) is 31.6 Å². The lowest BCUT2D eigenvalue weighted by atomic mass is 10.2. The average molecular weight is 301 g/mol. The molecule has 2 aromatic rings. The van der Waals surface area contributed by atoms with Crippen molar-refractivity contribution < 1.29 is 9.53 Å². The van der Waals surface area contributed by atoms with E-state index in [-0.39, 0.29) is 12.0 Å². The number of nitrogens with one attached hydrogen (secondary N) is 1. The Bertz CT molecular complexity index is 587. The van der Waals surface area contributed by atoms with E-state index in [9.17, 15) is 4.79 Å². The molecule has 0 radical (unpaired) electrons. The molecule has 1 saturated heterocycles. The number of rotatable bonds is 5. The van der Waals surface area contributed by atoms with E-state index < -0.39 is 0 Å². The lowest BCUT2D eigenvalue weighted by Crippen LogP contribution is -2.47. The van der Waals surface area contributed by atoms with Gasteiger partial charge >= 0.3 is 0 Å². The van der Waals surface area contributed by atoms with Crippen LogP contribution in [0.15, 0.2) is 43.0 Å². The molecule has 0 aliphatic carbocycles. The summed E-state index contributed by atoms with van der Waals surface area (Å²) in [5, 5.41) is 7.03. The first kappa shape index (κ1) is 14.7. The first-order valence-electron chi connectivity index (χ1n) is 7.31. The number of pyridine rings is 1. The number of morpholine rings is 1. The maximum atomic E-state index is 12.1. The third kappa shape index (κ3) is 4.12. The summed E-state index contributed by atoms with van der Waals surface area (Å²) in [4.78, 5) is 18.1. The minimum atomic E-state index is -0.0345. The molecule has 7 heteroatoms. The zero-order valence-corrected chi connectivity index (χ0v) is 12.3. The molecule has 1 aliphatic rings. The Kier molecular flexibility index (Phi) is 4.77. The summed E-state index contributed by atoms with van der Waals surface area (Å²) in [6.45, 7) is 3.17. The van der Waals surface area contributed by atoms with Gasteiger partial charge in [0.25, 0.3) is 0 Å². The predicted molar refractivity (Wildman–Crippen MR) is 81.3 cm³/mol. The van der Waals surface area contributed by atoms with Crippen LogP contribution >= 0.6 is 0 Å². The SMILES string of the molecule is O=C(CN1CCOC(Cn2cccn2)C1)Nc1cccnc1. The third-order valence-electron chi connectivity index (χ3n) is 3.49. The number of carbonyl (C=O) groups excluding carboxylic acids is 1.